The number of ether oxygens (including phenoxy) is 2. The van der Waals surface area contributed by atoms with Crippen molar-refractivity contribution in [2.75, 3.05) is 19.8 Å². The third kappa shape index (κ3) is 4.70. The number of urea groups is 1. The molecule has 1 aromatic rings. The molecule has 2 aliphatic rings. The molecule has 158 valence electrons. The van der Waals surface area contributed by atoms with Crippen LogP contribution in [0.25, 0.3) is 0 Å². The highest BCUT2D eigenvalue weighted by atomic mass is 16.5. The lowest BCUT2D eigenvalue weighted by Crippen LogP contribution is -2.49. The zero-order chi connectivity index (χ0) is 21.0. The van der Waals surface area contributed by atoms with Gasteiger partial charge in [-0.1, -0.05) is 6.92 Å². The van der Waals surface area contributed by atoms with Crippen LogP contribution < -0.4 is 10.1 Å². The van der Waals surface area contributed by atoms with E-state index >= 15 is 0 Å². The molecule has 0 unspecified atom stereocenters. The van der Waals surface area contributed by atoms with Crippen LogP contribution in [0.15, 0.2) is 24.3 Å². The Kier molecular flexibility index (Phi) is 6.42. The van der Waals surface area contributed by atoms with Crippen LogP contribution >= 0.6 is 0 Å². The first-order valence-corrected chi connectivity index (χ1v) is 10.1. The molecule has 0 bridgehead atoms. The maximum absolute atomic E-state index is 12.8. The predicted octanol–water partition coefficient (Wildman–Crippen LogP) is 2.10. The molecule has 1 aliphatic heterocycles. The van der Waals surface area contributed by atoms with Crippen molar-refractivity contribution in [1.29, 1.82) is 0 Å². The van der Waals surface area contributed by atoms with Gasteiger partial charge in [0.15, 0.2) is 0 Å². The van der Waals surface area contributed by atoms with Gasteiger partial charge in [-0.05, 0) is 62.8 Å². The first-order chi connectivity index (χ1) is 13.8. The van der Waals surface area contributed by atoms with Crippen molar-refractivity contribution >= 4 is 17.9 Å². The van der Waals surface area contributed by atoms with E-state index in [-0.39, 0.29) is 19.1 Å². The quantitative estimate of drug-likeness (QED) is 0.533. The highest BCUT2D eigenvalue weighted by Crippen LogP contribution is 2.36. The number of aliphatic hydroxyl groups excluding tert-OH is 1. The molecule has 1 heterocycles. The summed E-state index contributed by atoms with van der Waals surface area (Å²) in [5.41, 5.74) is -0.404. The minimum atomic E-state index is -1.02. The third-order valence-corrected chi connectivity index (χ3v) is 5.57. The van der Waals surface area contributed by atoms with Gasteiger partial charge in [0, 0.05) is 0 Å². The maximum Gasteiger partial charge on any atom is 0.338 e. The smallest absolute Gasteiger partial charge is 0.338 e. The van der Waals surface area contributed by atoms with Crippen molar-refractivity contribution in [3.63, 3.8) is 0 Å². The van der Waals surface area contributed by atoms with Crippen molar-refractivity contribution in [2.45, 2.75) is 51.2 Å². The molecule has 29 heavy (non-hydrogen) atoms. The van der Waals surface area contributed by atoms with Gasteiger partial charge >= 0.3 is 12.0 Å². The van der Waals surface area contributed by atoms with Gasteiger partial charge in [0.2, 0.25) is 0 Å². The second-order valence-electron chi connectivity index (χ2n) is 7.82. The van der Waals surface area contributed by atoms with Gasteiger partial charge in [-0.2, -0.15) is 0 Å². The normalized spacial score (nSPS) is 25.1. The molecule has 1 aliphatic carbocycles. The third-order valence-electron chi connectivity index (χ3n) is 5.57. The van der Waals surface area contributed by atoms with Crippen LogP contribution in [0, 0.1) is 5.92 Å². The summed E-state index contributed by atoms with van der Waals surface area (Å²) < 4.78 is 10.4. The van der Waals surface area contributed by atoms with Gasteiger partial charge in [-0.25, -0.2) is 9.59 Å². The Morgan fingerprint density at radius 2 is 1.93 bits per heavy atom. The molecule has 8 heteroatoms. The van der Waals surface area contributed by atoms with Crippen LogP contribution in [0.5, 0.6) is 5.75 Å². The molecule has 1 saturated heterocycles. The van der Waals surface area contributed by atoms with Crippen LogP contribution in [-0.4, -0.2) is 59.3 Å². The Hall–Kier alpha value is -2.61. The topological polar surface area (TPSA) is 105 Å². The zero-order valence-corrected chi connectivity index (χ0v) is 16.8. The second-order valence-corrected chi connectivity index (χ2v) is 7.82. The fourth-order valence-electron chi connectivity index (χ4n) is 3.79. The number of hydrogen-bond donors (Lipinski definition) is 2. The van der Waals surface area contributed by atoms with Crippen LogP contribution in [0.3, 0.4) is 0 Å². The summed E-state index contributed by atoms with van der Waals surface area (Å²) in [4.78, 5) is 37.8. The molecule has 8 nitrogen and oxygen atoms in total. The molecule has 0 aromatic heterocycles. The van der Waals surface area contributed by atoms with Gasteiger partial charge in [-0.15, -0.1) is 0 Å². The fraction of sp³-hybridized carbons (Fsp3) is 0.571. The number of β-amino-alcohol motifs (C(OH)–C–C–N with tert-alkyl or cyclic N) is 1. The average molecular weight is 404 g/mol. The van der Waals surface area contributed by atoms with Crippen LogP contribution in [0.1, 0.15) is 49.9 Å². The van der Waals surface area contributed by atoms with E-state index in [0.29, 0.717) is 36.7 Å². The number of benzene rings is 1. The van der Waals surface area contributed by atoms with Crippen LogP contribution in [0.4, 0.5) is 4.79 Å². The minimum Gasteiger partial charge on any atom is -0.491 e. The summed E-state index contributed by atoms with van der Waals surface area (Å²) in [5, 5.41) is 13.1. The van der Waals surface area contributed by atoms with Gasteiger partial charge in [0.05, 0.1) is 18.7 Å². The van der Waals surface area contributed by atoms with E-state index in [1.165, 1.54) is 0 Å². The summed E-state index contributed by atoms with van der Waals surface area (Å²) in [7, 11) is 0. The van der Waals surface area contributed by atoms with Gasteiger partial charge < -0.3 is 19.9 Å². The number of amides is 3. The lowest BCUT2D eigenvalue weighted by Gasteiger charge is -2.33. The number of rotatable bonds is 7. The number of nitrogens with one attached hydrogen (secondary N) is 1. The summed E-state index contributed by atoms with van der Waals surface area (Å²) in [6.07, 6.45) is 2.04. The lowest BCUT2D eigenvalue weighted by atomic mass is 9.77. The Bertz CT molecular complexity index is 755. The summed E-state index contributed by atoms with van der Waals surface area (Å²) in [6, 6.07) is 5.90. The molecule has 0 radical (unpaired) electrons. The highest BCUT2D eigenvalue weighted by Gasteiger charge is 2.52. The second kappa shape index (κ2) is 8.82. The molecular formula is C21H28N2O6. The van der Waals surface area contributed by atoms with Crippen molar-refractivity contribution in [2.24, 2.45) is 5.92 Å². The number of nitrogens with zero attached hydrogens (tertiary/aromatic N) is 1. The number of esters is 1. The van der Waals surface area contributed by atoms with E-state index in [4.69, 9.17) is 9.47 Å². The van der Waals surface area contributed by atoms with E-state index in [9.17, 15) is 19.5 Å². The molecule has 3 rings (SSSR count). The maximum atomic E-state index is 12.8. The summed E-state index contributed by atoms with van der Waals surface area (Å²) in [6.45, 7) is 3.97. The Labute approximate surface area is 170 Å². The van der Waals surface area contributed by atoms with Crippen molar-refractivity contribution in [1.82, 2.24) is 10.2 Å². The zero-order valence-electron chi connectivity index (χ0n) is 16.8. The van der Waals surface area contributed by atoms with Crippen molar-refractivity contribution in [3.8, 4) is 5.75 Å². The Morgan fingerprint density at radius 3 is 2.55 bits per heavy atom. The summed E-state index contributed by atoms with van der Waals surface area (Å²) in [5.74, 6) is 0.344. The molecule has 1 saturated carbocycles. The molecule has 2 N–H and O–H groups in total. The lowest BCUT2D eigenvalue weighted by molar-refractivity contribution is -0.133. The summed E-state index contributed by atoms with van der Waals surface area (Å²) >= 11 is 0. The molecule has 3 amide bonds. The van der Waals surface area contributed by atoms with Gasteiger partial charge in [-0.3, -0.25) is 9.69 Å². The van der Waals surface area contributed by atoms with Gasteiger partial charge in [0.25, 0.3) is 5.91 Å². The van der Waals surface area contributed by atoms with Crippen LogP contribution in [-0.2, 0) is 9.53 Å². The average Bonchev–Trinajstić information content (AvgIpc) is 2.93. The number of aliphatic hydroxyl groups is 1. The number of imide groups is 1. The van der Waals surface area contributed by atoms with E-state index in [1.807, 2.05) is 0 Å². The SMILES string of the molecule is CCOC(=O)c1ccc(OC[C@@H](O)CN2C(=O)NC3(CCC(C)CC3)C2=O)cc1. The number of hydrogen-bond acceptors (Lipinski definition) is 6. The first-order valence-electron chi connectivity index (χ1n) is 10.1. The first kappa shape index (κ1) is 21.1. The molecule has 2 fully saturated rings. The van der Waals surface area contributed by atoms with E-state index in [0.717, 1.165) is 17.7 Å². The number of carbonyl (C=O) groups is 3. The standard InChI is InChI=1S/C21H28N2O6/c1-3-28-18(25)15-4-6-17(7-5-15)29-13-16(24)12-23-19(26)21(22-20(23)27)10-8-14(2)9-11-21/h4-7,14,16,24H,3,8-13H2,1-2H3,(H,22,27)/t14?,16-,21?/m0/s1. The minimum absolute atomic E-state index is 0.0835. The Balaban J connectivity index is 1.51. The largest absolute Gasteiger partial charge is 0.491 e. The van der Waals surface area contributed by atoms with E-state index in [1.54, 1.807) is 31.2 Å². The molecule has 1 aromatic carbocycles. The fourth-order valence-corrected chi connectivity index (χ4v) is 3.79. The molecule has 1 atom stereocenters. The molecular weight excluding hydrogens is 376 g/mol. The van der Waals surface area contributed by atoms with Gasteiger partial charge in [0.1, 0.15) is 24.0 Å². The van der Waals surface area contributed by atoms with E-state index in [2.05, 4.69) is 12.2 Å². The van der Waals surface area contributed by atoms with Crippen molar-refractivity contribution < 1.29 is 29.0 Å². The van der Waals surface area contributed by atoms with Crippen LogP contribution in [0.2, 0.25) is 0 Å². The van der Waals surface area contributed by atoms with E-state index < -0.39 is 23.6 Å². The monoisotopic (exact) mass is 404 g/mol. The Morgan fingerprint density at radius 1 is 1.28 bits per heavy atom. The molecule has 1 spiro atoms. The number of carbonyl (C=O) groups excluding carboxylic acids is 3. The van der Waals surface area contributed by atoms with Crippen molar-refractivity contribution in [3.05, 3.63) is 29.8 Å². The predicted molar refractivity (Wildman–Crippen MR) is 105 cm³/mol. The highest BCUT2D eigenvalue weighted by molar-refractivity contribution is 6.07.